The van der Waals surface area contributed by atoms with Gasteiger partial charge in [-0.1, -0.05) is 0 Å². The molecule has 1 aliphatic heterocycles. The number of nitrogens with zero attached hydrogens (tertiary/aromatic N) is 1. The van der Waals surface area contributed by atoms with Crippen LogP contribution in [-0.4, -0.2) is 42.4 Å². The van der Waals surface area contributed by atoms with E-state index in [-0.39, 0.29) is 5.91 Å². The summed E-state index contributed by atoms with van der Waals surface area (Å²) in [5, 5.41) is 2.78. The lowest BCUT2D eigenvalue weighted by molar-refractivity contribution is -0.122. The molecule has 0 atom stereocenters. The summed E-state index contributed by atoms with van der Waals surface area (Å²) >= 11 is 4.47. The smallest absolute Gasteiger partial charge is 0.235 e. The first-order chi connectivity index (χ1) is 5.00. The quantitative estimate of drug-likeness (QED) is 0.463. The third kappa shape index (κ3) is 2.57. The Hall–Kier alpha value is 0.130. The summed E-state index contributed by atoms with van der Waals surface area (Å²) < 4.78 is 2.13. The molecule has 1 rings (SSSR count). The second kappa shape index (κ2) is 3.25. The van der Waals surface area contributed by atoms with Crippen molar-refractivity contribution in [3.63, 3.8) is 0 Å². The van der Waals surface area contributed by atoms with E-state index in [2.05, 4.69) is 33.8 Å². The first-order valence-corrected chi connectivity index (χ1v) is 6.93. The molecule has 0 aromatic rings. The Morgan fingerprint density at radius 2 is 2.27 bits per heavy atom. The van der Waals surface area contributed by atoms with Crippen LogP contribution in [-0.2, 0) is 4.79 Å². The maximum Gasteiger partial charge on any atom is 0.235 e. The number of carbonyl (C=O) groups is 1. The van der Waals surface area contributed by atoms with Crippen LogP contribution in [0.15, 0.2) is 0 Å². The lowest BCUT2D eigenvalue weighted by atomic mass is 10.4. The molecule has 0 unspecified atom stereocenters. The molecule has 1 N–H and O–H groups in total. The number of piperazine rings is 1. The minimum atomic E-state index is -0.992. The van der Waals surface area contributed by atoms with E-state index in [1.807, 2.05) is 0 Å². The highest BCUT2D eigenvalue weighted by molar-refractivity contribution is 8.86. The predicted octanol–water partition coefficient (Wildman–Crippen LogP) is 0.242. The Morgan fingerprint density at radius 1 is 1.64 bits per heavy atom. The number of nitrogens with one attached hydrogen (secondary N) is 1. The van der Waals surface area contributed by atoms with Crippen molar-refractivity contribution in [2.75, 3.05) is 32.1 Å². The van der Waals surface area contributed by atoms with Crippen LogP contribution in [0.2, 0.25) is 0 Å². The van der Waals surface area contributed by atoms with Crippen LogP contribution in [0.1, 0.15) is 0 Å². The maximum absolute atomic E-state index is 10.9. The van der Waals surface area contributed by atoms with Crippen molar-refractivity contribution in [3.05, 3.63) is 0 Å². The van der Waals surface area contributed by atoms with Gasteiger partial charge < -0.3 is 5.32 Å². The summed E-state index contributed by atoms with van der Waals surface area (Å²) in [5.74, 6) is 0.117. The summed E-state index contributed by atoms with van der Waals surface area (Å²) in [7, 11) is -0.992. The second-order valence-electron chi connectivity index (χ2n) is 2.93. The molecule has 11 heavy (non-hydrogen) atoms. The maximum atomic E-state index is 10.9. The SMILES string of the molecule is CS(C)(S)N1CCNC(=O)C1. The average Bonchev–Trinajstić information content (AvgIpc) is 1.86. The molecule has 0 spiro atoms. The molecule has 0 aromatic carbocycles. The molecule has 0 bridgehead atoms. The van der Waals surface area contributed by atoms with Crippen LogP contribution in [0.3, 0.4) is 0 Å². The lowest BCUT2D eigenvalue weighted by Gasteiger charge is -2.40. The fourth-order valence-corrected chi connectivity index (χ4v) is 2.39. The third-order valence-corrected chi connectivity index (χ3v) is 3.90. The summed E-state index contributed by atoms with van der Waals surface area (Å²) in [4.78, 5) is 10.9. The Labute approximate surface area is 73.8 Å². The van der Waals surface area contributed by atoms with E-state index in [0.717, 1.165) is 13.1 Å². The van der Waals surface area contributed by atoms with E-state index in [1.165, 1.54) is 0 Å². The van der Waals surface area contributed by atoms with Crippen molar-refractivity contribution >= 4 is 26.8 Å². The molecular formula is C6H14N2OS2. The van der Waals surface area contributed by atoms with Crippen LogP contribution < -0.4 is 5.32 Å². The van der Waals surface area contributed by atoms with Gasteiger partial charge in [0.1, 0.15) is 0 Å². The Kier molecular flexibility index (Phi) is 2.72. The summed E-state index contributed by atoms with van der Waals surface area (Å²) in [6.45, 7) is 2.19. The molecule has 3 nitrogen and oxygen atoms in total. The van der Waals surface area contributed by atoms with Crippen molar-refractivity contribution < 1.29 is 4.79 Å². The minimum Gasteiger partial charge on any atom is -0.354 e. The Balaban J connectivity index is 2.53. The molecule has 1 fully saturated rings. The average molecular weight is 194 g/mol. The zero-order valence-corrected chi connectivity index (χ0v) is 8.54. The van der Waals surface area contributed by atoms with Gasteiger partial charge >= 0.3 is 0 Å². The molecule has 0 aromatic heterocycles. The largest absolute Gasteiger partial charge is 0.354 e. The monoisotopic (exact) mass is 194 g/mol. The van der Waals surface area contributed by atoms with Gasteiger partial charge in [0.15, 0.2) is 0 Å². The number of rotatable bonds is 1. The van der Waals surface area contributed by atoms with Crippen LogP contribution >= 0.6 is 20.9 Å². The van der Waals surface area contributed by atoms with E-state index < -0.39 is 9.25 Å². The number of hydrogen-bond acceptors (Lipinski definition) is 3. The van der Waals surface area contributed by atoms with E-state index in [1.54, 1.807) is 0 Å². The summed E-state index contributed by atoms with van der Waals surface area (Å²) in [6, 6.07) is 0. The van der Waals surface area contributed by atoms with Gasteiger partial charge in [-0.3, -0.25) is 4.79 Å². The van der Waals surface area contributed by atoms with Crippen molar-refractivity contribution in [1.29, 1.82) is 0 Å². The van der Waals surface area contributed by atoms with Crippen LogP contribution in [0, 0.1) is 0 Å². The van der Waals surface area contributed by atoms with E-state index in [0.29, 0.717) is 6.54 Å². The normalized spacial score (nSPS) is 23.0. The van der Waals surface area contributed by atoms with Gasteiger partial charge in [0.05, 0.1) is 6.54 Å². The van der Waals surface area contributed by atoms with Gasteiger partial charge in [-0.15, -0.1) is 20.9 Å². The molecule has 1 amide bonds. The lowest BCUT2D eigenvalue weighted by Crippen LogP contribution is -2.47. The molecule has 0 radical (unpaired) electrons. The topological polar surface area (TPSA) is 32.3 Å². The predicted molar refractivity (Wildman–Crippen MR) is 53.0 cm³/mol. The van der Waals surface area contributed by atoms with E-state index >= 15 is 0 Å². The molecule has 1 heterocycles. The number of hydrogen-bond donors (Lipinski definition) is 2. The molecule has 1 aliphatic rings. The molecule has 0 saturated carbocycles. The van der Waals surface area contributed by atoms with Crippen LogP contribution in [0.5, 0.6) is 0 Å². The van der Waals surface area contributed by atoms with Gasteiger partial charge in [-0.2, -0.15) is 0 Å². The summed E-state index contributed by atoms with van der Waals surface area (Å²) in [5.41, 5.74) is 0. The van der Waals surface area contributed by atoms with Gasteiger partial charge in [0, 0.05) is 13.1 Å². The third-order valence-electron chi connectivity index (χ3n) is 1.64. The van der Waals surface area contributed by atoms with Gasteiger partial charge in [0.25, 0.3) is 0 Å². The Bertz CT molecular complexity index is 166. The Morgan fingerprint density at radius 3 is 2.64 bits per heavy atom. The van der Waals surface area contributed by atoms with Crippen LogP contribution in [0.25, 0.3) is 0 Å². The molecule has 5 heteroatoms. The fraction of sp³-hybridized carbons (Fsp3) is 0.833. The summed E-state index contributed by atoms with van der Waals surface area (Å²) in [6.07, 6.45) is 4.16. The zero-order chi connectivity index (χ0) is 8.48. The van der Waals surface area contributed by atoms with Crippen molar-refractivity contribution in [1.82, 2.24) is 9.62 Å². The number of amides is 1. The van der Waals surface area contributed by atoms with Gasteiger partial charge in [-0.25, -0.2) is 4.31 Å². The fourth-order valence-electron chi connectivity index (χ4n) is 0.997. The van der Waals surface area contributed by atoms with Crippen molar-refractivity contribution in [2.24, 2.45) is 0 Å². The van der Waals surface area contributed by atoms with E-state index in [4.69, 9.17) is 0 Å². The van der Waals surface area contributed by atoms with Crippen molar-refractivity contribution in [2.45, 2.75) is 0 Å². The van der Waals surface area contributed by atoms with E-state index in [9.17, 15) is 4.79 Å². The molecule has 66 valence electrons. The van der Waals surface area contributed by atoms with Crippen molar-refractivity contribution in [3.8, 4) is 0 Å². The first kappa shape index (κ1) is 9.22. The number of carbonyl (C=O) groups excluding carboxylic acids is 1. The van der Waals surface area contributed by atoms with Gasteiger partial charge in [0.2, 0.25) is 5.91 Å². The minimum absolute atomic E-state index is 0.117. The standard InChI is InChI=1S/C6H14N2OS2/c1-11(2,10)8-4-3-7-6(9)5-8/h10H,3-5H2,1-2H3,(H,7,9). The molecule has 1 saturated heterocycles. The highest BCUT2D eigenvalue weighted by atomic mass is 33.1. The van der Waals surface area contributed by atoms with Crippen LogP contribution in [0.4, 0.5) is 0 Å². The first-order valence-electron chi connectivity index (χ1n) is 3.48. The second-order valence-corrected chi connectivity index (χ2v) is 8.57. The molecule has 0 aliphatic carbocycles. The molecular weight excluding hydrogens is 180 g/mol. The highest BCUT2D eigenvalue weighted by Crippen LogP contribution is 2.48. The zero-order valence-electron chi connectivity index (χ0n) is 6.83. The number of thiol groups is 1. The highest BCUT2D eigenvalue weighted by Gasteiger charge is 2.23. The van der Waals surface area contributed by atoms with Gasteiger partial charge in [-0.05, 0) is 12.5 Å².